The van der Waals surface area contributed by atoms with Gasteiger partial charge < -0.3 is 19.5 Å². The third-order valence-corrected chi connectivity index (χ3v) is 10.5. The molecule has 0 fully saturated rings. The zero-order chi connectivity index (χ0) is 31.5. The fourth-order valence-electron chi connectivity index (χ4n) is 5.52. The first-order valence-electron chi connectivity index (χ1n) is 14.2. The van der Waals surface area contributed by atoms with E-state index in [1.165, 1.54) is 22.8 Å². The molecule has 44 heavy (non-hydrogen) atoms. The van der Waals surface area contributed by atoms with Gasteiger partial charge in [0.1, 0.15) is 36.1 Å². The molecule has 12 heteroatoms. The Labute approximate surface area is 265 Å². The summed E-state index contributed by atoms with van der Waals surface area (Å²) in [5, 5.41) is 4.07. The molecule has 1 aliphatic heterocycles. The van der Waals surface area contributed by atoms with Gasteiger partial charge >= 0.3 is 0 Å². The molecule has 0 aliphatic carbocycles. The normalized spacial score (nSPS) is 17.1. The van der Waals surface area contributed by atoms with Crippen LogP contribution < -0.4 is 14.8 Å². The fourth-order valence-corrected chi connectivity index (χ4v) is 7.39. The van der Waals surface area contributed by atoms with Gasteiger partial charge in [-0.3, -0.25) is 0 Å². The van der Waals surface area contributed by atoms with Crippen LogP contribution in [0.25, 0.3) is 10.9 Å². The van der Waals surface area contributed by atoms with Gasteiger partial charge in [-0.25, -0.2) is 22.8 Å². The fraction of sp³-hybridized carbons (Fsp3) is 0.312. The second-order valence-corrected chi connectivity index (χ2v) is 13.4. The molecule has 232 valence electrons. The second kappa shape index (κ2) is 13.1. The van der Waals surface area contributed by atoms with E-state index in [9.17, 15) is 12.8 Å². The predicted octanol–water partition coefficient (Wildman–Crippen LogP) is 7.05. The van der Waals surface area contributed by atoms with Crippen LogP contribution in [0, 0.1) is 5.82 Å². The van der Waals surface area contributed by atoms with Gasteiger partial charge in [-0.15, -0.1) is 0 Å². The van der Waals surface area contributed by atoms with Crippen LogP contribution in [-0.4, -0.2) is 48.1 Å². The first-order valence-corrected chi connectivity index (χ1v) is 16.6. The largest absolute Gasteiger partial charge is 0.496 e. The van der Waals surface area contributed by atoms with Crippen LogP contribution >= 0.6 is 15.9 Å². The van der Waals surface area contributed by atoms with E-state index in [1.807, 2.05) is 50.3 Å². The van der Waals surface area contributed by atoms with Gasteiger partial charge in [-0.1, -0.05) is 19.1 Å². The van der Waals surface area contributed by atoms with Crippen molar-refractivity contribution in [2.24, 2.45) is 0 Å². The summed E-state index contributed by atoms with van der Waals surface area (Å²) < 4.78 is 59.9. The van der Waals surface area contributed by atoms with Gasteiger partial charge in [0.25, 0.3) is 0 Å². The maximum absolute atomic E-state index is 13.5. The van der Waals surface area contributed by atoms with Crippen LogP contribution in [0.4, 0.5) is 15.9 Å². The quantitative estimate of drug-likeness (QED) is 0.169. The van der Waals surface area contributed by atoms with Crippen molar-refractivity contribution >= 4 is 48.4 Å². The molecular formula is C32H34BrFN4O5S. The van der Waals surface area contributed by atoms with E-state index < -0.39 is 21.7 Å². The molecule has 0 saturated heterocycles. The van der Waals surface area contributed by atoms with Crippen LogP contribution in [0.5, 0.6) is 11.5 Å². The van der Waals surface area contributed by atoms with Crippen molar-refractivity contribution in [3.05, 3.63) is 94.7 Å². The number of ether oxygens (including phenoxy) is 3. The second-order valence-electron chi connectivity index (χ2n) is 10.3. The number of methoxy groups -OCH3 is 1. The Kier molecular flexibility index (Phi) is 9.42. The Hall–Kier alpha value is -3.74. The molecule has 1 aliphatic rings. The molecule has 0 amide bonds. The Morgan fingerprint density at radius 3 is 2.61 bits per heavy atom. The summed E-state index contributed by atoms with van der Waals surface area (Å²) in [6, 6.07) is 15.0. The number of nitrogens with one attached hydrogen (secondary N) is 1. The minimum Gasteiger partial charge on any atom is -0.496 e. The lowest BCUT2D eigenvalue weighted by molar-refractivity contribution is -0.0169. The summed E-state index contributed by atoms with van der Waals surface area (Å²) in [4.78, 5) is 9.00. The van der Waals surface area contributed by atoms with E-state index in [4.69, 9.17) is 14.2 Å². The van der Waals surface area contributed by atoms with E-state index in [2.05, 4.69) is 31.2 Å². The summed E-state index contributed by atoms with van der Waals surface area (Å²) in [6.45, 7) is 5.84. The zero-order valence-electron chi connectivity index (χ0n) is 24.9. The Balaban J connectivity index is 1.49. The van der Waals surface area contributed by atoms with Crippen molar-refractivity contribution in [1.29, 1.82) is 0 Å². The smallest absolute Gasteiger partial charge is 0.214 e. The third-order valence-electron chi connectivity index (χ3n) is 7.83. The molecule has 2 unspecified atom stereocenters. The van der Waals surface area contributed by atoms with Crippen LogP contribution in [0.2, 0.25) is 0 Å². The molecule has 1 N–H and O–H groups in total. The van der Waals surface area contributed by atoms with E-state index >= 15 is 0 Å². The molecular weight excluding hydrogens is 651 g/mol. The first kappa shape index (κ1) is 31.7. The summed E-state index contributed by atoms with van der Waals surface area (Å²) in [6.07, 6.45) is 5.42. The molecule has 0 radical (unpaired) electrons. The molecule has 1 aromatic heterocycles. The number of benzene rings is 3. The number of halogens is 2. The first-order chi connectivity index (χ1) is 21.1. The molecule has 0 spiro atoms. The van der Waals surface area contributed by atoms with E-state index in [1.54, 1.807) is 32.4 Å². The lowest BCUT2D eigenvalue weighted by Gasteiger charge is -2.41. The Morgan fingerprint density at radius 2 is 1.95 bits per heavy atom. The summed E-state index contributed by atoms with van der Waals surface area (Å²) in [5.41, 5.74) is 1.75. The Bertz CT molecular complexity index is 1800. The maximum atomic E-state index is 13.5. The number of aromatic nitrogens is 2. The topological polar surface area (TPSA) is 103 Å². The van der Waals surface area contributed by atoms with Gasteiger partial charge in [0.2, 0.25) is 10.0 Å². The number of hydrogen-bond donors (Lipinski definition) is 1. The molecule has 9 nitrogen and oxygen atoms in total. The number of fused-ring (bicyclic) bond motifs is 1. The molecule has 4 aromatic rings. The van der Waals surface area contributed by atoms with Gasteiger partial charge in [-0.2, -0.15) is 4.31 Å². The van der Waals surface area contributed by atoms with E-state index in [-0.39, 0.29) is 18.2 Å². The standard InChI is InChI=1S/C32H34BrFN4O5S/c1-5-38(44(39,40)6-2)21(3)32(13-8-14-43-32)26-17-25-28(18-30(26)41-4)35-20-36-31(25)37-24-11-12-29(27(33)16-24)42-19-22-9-7-10-23(34)15-22/h7-12,14-18,20-21H,5-6,13,19H2,1-4H3,(H,35,36,37). The number of anilines is 2. The molecule has 2 atom stereocenters. The van der Waals surface area contributed by atoms with Crippen molar-refractivity contribution in [2.75, 3.05) is 24.7 Å². The van der Waals surface area contributed by atoms with Crippen molar-refractivity contribution in [3.8, 4) is 11.5 Å². The summed E-state index contributed by atoms with van der Waals surface area (Å²) in [5.74, 6) is 1.35. The molecule has 0 bridgehead atoms. The molecule has 3 aromatic carbocycles. The van der Waals surface area contributed by atoms with Crippen LogP contribution in [0.3, 0.4) is 0 Å². The number of sulfonamides is 1. The van der Waals surface area contributed by atoms with Gasteiger partial charge in [0.15, 0.2) is 5.60 Å². The average Bonchev–Trinajstić information content (AvgIpc) is 3.51. The molecule has 2 heterocycles. The number of rotatable bonds is 12. The summed E-state index contributed by atoms with van der Waals surface area (Å²) >= 11 is 3.57. The van der Waals surface area contributed by atoms with Crippen molar-refractivity contribution in [2.45, 2.75) is 45.4 Å². The highest BCUT2D eigenvalue weighted by Crippen LogP contribution is 2.46. The molecule has 5 rings (SSSR count). The maximum Gasteiger partial charge on any atom is 0.214 e. The number of nitrogens with zero attached hydrogens (tertiary/aromatic N) is 3. The monoisotopic (exact) mass is 684 g/mol. The average molecular weight is 686 g/mol. The van der Waals surface area contributed by atoms with Gasteiger partial charge in [-0.05, 0) is 77.8 Å². The SMILES string of the molecule is CCN(C(C)C1(c2cc3c(Nc4ccc(OCc5cccc(F)c5)c(Br)c4)ncnc3cc2OC)CC=CO1)S(=O)(=O)CC. The Morgan fingerprint density at radius 1 is 1.14 bits per heavy atom. The van der Waals surface area contributed by atoms with Gasteiger partial charge in [0.05, 0.1) is 35.2 Å². The lowest BCUT2D eigenvalue weighted by atomic mass is 9.83. The predicted molar refractivity (Wildman–Crippen MR) is 172 cm³/mol. The van der Waals surface area contributed by atoms with Crippen molar-refractivity contribution in [3.63, 3.8) is 0 Å². The van der Waals surface area contributed by atoms with Crippen LogP contribution in [-0.2, 0) is 27.0 Å². The highest BCUT2D eigenvalue weighted by molar-refractivity contribution is 9.10. The third kappa shape index (κ3) is 6.24. The highest BCUT2D eigenvalue weighted by Gasteiger charge is 2.48. The van der Waals surface area contributed by atoms with Crippen LogP contribution in [0.15, 0.2) is 77.7 Å². The molecule has 0 saturated carbocycles. The van der Waals surface area contributed by atoms with E-state index in [0.717, 1.165) is 11.3 Å². The zero-order valence-corrected chi connectivity index (χ0v) is 27.3. The van der Waals surface area contributed by atoms with Crippen LogP contribution in [0.1, 0.15) is 38.3 Å². The highest BCUT2D eigenvalue weighted by atomic mass is 79.9. The minimum absolute atomic E-state index is 0.0182. The lowest BCUT2D eigenvalue weighted by Crippen LogP contribution is -2.51. The van der Waals surface area contributed by atoms with Gasteiger partial charge in [0, 0.05) is 35.7 Å². The van der Waals surface area contributed by atoms with E-state index in [0.29, 0.717) is 51.2 Å². The van der Waals surface area contributed by atoms with Crippen molar-refractivity contribution < 1.29 is 27.0 Å². The number of hydrogen-bond acceptors (Lipinski definition) is 8. The summed E-state index contributed by atoms with van der Waals surface area (Å²) in [7, 11) is -1.95. The number of likely N-dealkylation sites (N-methyl/N-ethyl adjacent to an activating group) is 1. The van der Waals surface area contributed by atoms with Crippen molar-refractivity contribution in [1.82, 2.24) is 14.3 Å². The minimum atomic E-state index is -3.52.